The molecule has 0 unspecified atom stereocenters. The van der Waals surface area contributed by atoms with Gasteiger partial charge in [-0.15, -0.1) is 5.10 Å². The van der Waals surface area contributed by atoms with Crippen LogP contribution >= 0.6 is 0 Å². The second-order valence-electron chi connectivity index (χ2n) is 11.1. The SMILES string of the molecule is Cc1nnn(C)c1-c1cnc2c3ccc(C(C)(C)O)c(CO)c3n([C@H](c3ccccc3)C3CCOCC3)c2c1. The molecule has 0 aliphatic carbocycles. The first kappa shape index (κ1) is 25.7. The number of pyridine rings is 1. The van der Waals surface area contributed by atoms with E-state index in [9.17, 15) is 10.2 Å². The van der Waals surface area contributed by atoms with E-state index in [0.29, 0.717) is 11.5 Å². The molecule has 2 aromatic carbocycles. The molecule has 39 heavy (non-hydrogen) atoms. The second-order valence-corrected chi connectivity index (χ2v) is 11.1. The number of hydrogen-bond donors (Lipinski definition) is 2. The number of aliphatic hydroxyl groups is 2. The van der Waals surface area contributed by atoms with Crippen molar-refractivity contribution in [2.45, 2.75) is 51.9 Å². The molecule has 0 spiro atoms. The Morgan fingerprint density at radius 3 is 2.49 bits per heavy atom. The van der Waals surface area contributed by atoms with E-state index in [4.69, 9.17) is 9.72 Å². The lowest BCUT2D eigenvalue weighted by Crippen LogP contribution is -2.27. The third-order valence-electron chi connectivity index (χ3n) is 8.12. The molecule has 0 bridgehead atoms. The van der Waals surface area contributed by atoms with Gasteiger partial charge in [-0.3, -0.25) is 4.98 Å². The van der Waals surface area contributed by atoms with Crippen LogP contribution in [0.1, 0.15) is 55.1 Å². The Hall–Kier alpha value is -3.59. The number of nitrogens with zero attached hydrogens (tertiary/aromatic N) is 5. The van der Waals surface area contributed by atoms with Gasteiger partial charge in [-0.2, -0.15) is 0 Å². The molecule has 8 heteroatoms. The summed E-state index contributed by atoms with van der Waals surface area (Å²) in [6.45, 7) is 6.73. The Morgan fingerprint density at radius 2 is 1.85 bits per heavy atom. The lowest BCUT2D eigenvalue weighted by molar-refractivity contribution is 0.0552. The summed E-state index contributed by atoms with van der Waals surface area (Å²) < 4.78 is 9.92. The average molecular weight is 526 g/mol. The molecule has 2 N–H and O–H groups in total. The van der Waals surface area contributed by atoms with E-state index in [0.717, 1.165) is 70.5 Å². The predicted octanol–water partition coefficient (Wildman–Crippen LogP) is 5.03. The highest BCUT2D eigenvalue weighted by atomic mass is 16.5. The van der Waals surface area contributed by atoms with Crippen molar-refractivity contribution >= 4 is 21.9 Å². The number of aryl methyl sites for hydroxylation is 2. The molecule has 5 aromatic rings. The van der Waals surface area contributed by atoms with Gasteiger partial charge >= 0.3 is 0 Å². The number of hydrogen-bond acceptors (Lipinski definition) is 6. The quantitative estimate of drug-likeness (QED) is 0.323. The van der Waals surface area contributed by atoms with Crippen LogP contribution in [0.5, 0.6) is 0 Å². The topological polar surface area (TPSA) is 98.2 Å². The van der Waals surface area contributed by atoms with Crippen LogP contribution in [0.2, 0.25) is 0 Å². The summed E-state index contributed by atoms with van der Waals surface area (Å²) >= 11 is 0. The van der Waals surface area contributed by atoms with E-state index in [2.05, 4.69) is 45.2 Å². The van der Waals surface area contributed by atoms with Crippen LogP contribution in [-0.4, -0.2) is 48.0 Å². The third kappa shape index (κ3) is 4.33. The summed E-state index contributed by atoms with van der Waals surface area (Å²) in [7, 11) is 1.89. The van der Waals surface area contributed by atoms with Gasteiger partial charge < -0.3 is 19.5 Å². The van der Waals surface area contributed by atoms with Crippen LogP contribution < -0.4 is 0 Å². The highest BCUT2D eigenvalue weighted by molar-refractivity contribution is 6.08. The van der Waals surface area contributed by atoms with Gasteiger partial charge in [-0.1, -0.05) is 47.7 Å². The molecule has 202 valence electrons. The highest BCUT2D eigenvalue weighted by Gasteiger charge is 2.32. The zero-order valence-corrected chi connectivity index (χ0v) is 22.9. The molecule has 8 nitrogen and oxygen atoms in total. The van der Waals surface area contributed by atoms with Crippen LogP contribution in [-0.2, 0) is 24.0 Å². The van der Waals surface area contributed by atoms with E-state index >= 15 is 0 Å². The molecule has 3 aromatic heterocycles. The number of aliphatic hydroxyl groups excluding tert-OH is 1. The maximum atomic E-state index is 11.1. The van der Waals surface area contributed by atoms with Crippen molar-refractivity contribution in [3.05, 3.63) is 77.1 Å². The highest BCUT2D eigenvalue weighted by Crippen LogP contribution is 2.43. The van der Waals surface area contributed by atoms with Crippen LogP contribution in [0.15, 0.2) is 54.7 Å². The van der Waals surface area contributed by atoms with E-state index in [1.54, 1.807) is 18.5 Å². The lowest BCUT2D eigenvalue weighted by atomic mass is 9.86. The van der Waals surface area contributed by atoms with Gasteiger partial charge in [0, 0.05) is 43.0 Å². The number of aromatic nitrogens is 5. The van der Waals surface area contributed by atoms with Gasteiger partial charge in [0.1, 0.15) is 0 Å². The standard InChI is InChI=1S/C31H35N5O3/c1-19-28(35(4)34-33-19)22-16-26-27(32-17-22)23-10-11-25(31(2,3)38)24(18-37)30(23)36(26)29(20-8-6-5-7-9-20)21-12-14-39-15-13-21/h5-11,16-17,21,29,37-38H,12-15,18H2,1-4H3/t29-/m1/s1. The van der Waals surface area contributed by atoms with Crippen LogP contribution in [0, 0.1) is 12.8 Å². The summed E-state index contributed by atoms with van der Waals surface area (Å²) in [5.41, 5.74) is 6.97. The van der Waals surface area contributed by atoms with Gasteiger partial charge in [0.25, 0.3) is 0 Å². The maximum absolute atomic E-state index is 11.1. The van der Waals surface area contributed by atoms with Crippen molar-refractivity contribution in [2.75, 3.05) is 13.2 Å². The summed E-state index contributed by atoms with van der Waals surface area (Å²) in [5, 5.41) is 31.3. The van der Waals surface area contributed by atoms with E-state index < -0.39 is 5.60 Å². The second kappa shape index (κ2) is 9.86. The van der Waals surface area contributed by atoms with Gasteiger partial charge in [0.05, 0.1) is 46.2 Å². The summed E-state index contributed by atoms with van der Waals surface area (Å²) in [6.07, 6.45) is 3.74. The van der Waals surface area contributed by atoms with Gasteiger partial charge in [0.2, 0.25) is 0 Å². The van der Waals surface area contributed by atoms with Gasteiger partial charge in [0.15, 0.2) is 0 Å². The minimum Gasteiger partial charge on any atom is -0.392 e. The third-order valence-corrected chi connectivity index (χ3v) is 8.12. The molecule has 1 fully saturated rings. The Morgan fingerprint density at radius 1 is 1.10 bits per heavy atom. The molecule has 1 atom stereocenters. The maximum Gasteiger partial charge on any atom is 0.0960 e. The van der Waals surface area contributed by atoms with E-state index in [1.165, 1.54) is 5.56 Å². The van der Waals surface area contributed by atoms with Crippen molar-refractivity contribution in [1.29, 1.82) is 0 Å². The number of fused-ring (bicyclic) bond motifs is 3. The van der Waals surface area contributed by atoms with E-state index in [1.807, 2.05) is 38.4 Å². The first-order valence-corrected chi connectivity index (χ1v) is 13.6. The number of ether oxygens (including phenoxy) is 1. The summed E-state index contributed by atoms with van der Waals surface area (Å²) in [4.78, 5) is 5.00. The molecular formula is C31H35N5O3. The van der Waals surface area contributed by atoms with Crippen LogP contribution in [0.4, 0.5) is 0 Å². The summed E-state index contributed by atoms with van der Waals surface area (Å²) in [5.74, 6) is 0.320. The van der Waals surface area contributed by atoms with Crippen molar-refractivity contribution in [3.63, 3.8) is 0 Å². The van der Waals surface area contributed by atoms with Crippen molar-refractivity contribution < 1.29 is 14.9 Å². The largest absolute Gasteiger partial charge is 0.392 e. The molecule has 4 heterocycles. The van der Waals surface area contributed by atoms with E-state index in [-0.39, 0.29) is 12.6 Å². The Labute approximate surface area is 227 Å². The molecule has 0 saturated carbocycles. The molecule has 1 saturated heterocycles. The molecular weight excluding hydrogens is 490 g/mol. The fourth-order valence-electron chi connectivity index (χ4n) is 6.39. The zero-order chi connectivity index (χ0) is 27.3. The fourth-order valence-corrected chi connectivity index (χ4v) is 6.39. The Balaban J connectivity index is 1.75. The molecule has 6 rings (SSSR count). The smallest absolute Gasteiger partial charge is 0.0960 e. The minimum absolute atomic E-state index is 0.0136. The fraction of sp³-hybridized carbons (Fsp3) is 0.387. The first-order chi connectivity index (χ1) is 18.8. The predicted molar refractivity (Wildman–Crippen MR) is 151 cm³/mol. The number of benzene rings is 2. The Bertz CT molecular complexity index is 1620. The monoisotopic (exact) mass is 525 g/mol. The zero-order valence-electron chi connectivity index (χ0n) is 22.9. The molecule has 0 radical (unpaired) electrons. The minimum atomic E-state index is -1.12. The normalized spacial score (nSPS) is 15.8. The summed E-state index contributed by atoms with van der Waals surface area (Å²) in [6, 6.07) is 16.7. The molecule has 1 aliphatic heterocycles. The van der Waals surface area contributed by atoms with Crippen molar-refractivity contribution in [3.8, 4) is 11.3 Å². The lowest BCUT2D eigenvalue weighted by Gasteiger charge is -2.34. The Kier molecular flexibility index (Phi) is 6.49. The van der Waals surface area contributed by atoms with Gasteiger partial charge in [-0.05, 0) is 56.7 Å². The van der Waals surface area contributed by atoms with Crippen molar-refractivity contribution in [1.82, 2.24) is 24.5 Å². The van der Waals surface area contributed by atoms with Crippen molar-refractivity contribution in [2.24, 2.45) is 13.0 Å². The average Bonchev–Trinajstić information content (AvgIpc) is 3.45. The first-order valence-electron chi connectivity index (χ1n) is 13.6. The molecule has 1 aliphatic rings. The van der Waals surface area contributed by atoms with Crippen LogP contribution in [0.3, 0.4) is 0 Å². The molecule has 0 amide bonds. The number of rotatable bonds is 6. The van der Waals surface area contributed by atoms with Crippen LogP contribution in [0.25, 0.3) is 33.2 Å². The van der Waals surface area contributed by atoms with Gasteiger partial charge in [-0.25, -0.2) is 4.68 Å².